The van der Waals surface area contributed by atoms with Crippen molar-refractivity contribution < 1.29 is 18.7 Å². The Balaban J connectivity index is 1.57. The highest BCUT2D eigenvalue weighted by Crippen LogP contribution is 2.37. The number of ether oxygens (including phenoxy) is 2. The molecule has 10 heteroatoms. The first kappa shape index (κ1) is 25.5. The Morgan fingerprint density at radius 2 is 1.92 bits per heavy atom. The van der Waals surface area contributed by atoms with Crippen LogP contribution in [0.1, 0.15) is 34.5 Å². The first-order chi connectivity index (χ1) is 18.5. The molecule has 1 atom stereocenters. The molecule has 0 saturated carbocycles. The summed E-state index contributed by atoms with van der Waals surface area (Å²) in [4.78, 5) is 15.9. The van der Waals surface area contributed by atoms with Crippen LogP contribution >= 0.6 is 0 Å². The largest absolute Gasteiger partial charge is 0.488 e. The van der Waals surface area contributed by atoms with E-state index in [1.165, 1.54) is 24.5 Å². The molecule has 1 unspecified atom stereocenters. The minimum atomic E-state index is -0.345. The van der Waals surface area contributed by atoms with Crippen LogP contribution in [0.2, 0.25) is 0 Å². The van der Waals surface area contributed by atoms with Gasteiger partial charge in [0, 0.05) is 37.9 Å². The van der Waals surface area contributed by atoms with E-state index in [4.69, 9.17) is 9.47 Å². The number of aryl methyl sites for hydroxylation is 1. The maximum atomic E-state index is 13.5. The maximum absolute atomic E-state index is 13.5. The zero-order valence-corrected chi connectivity index (χ0v) is 21.3. The molecule has 2 aromatic carbocycles. The summed E-state index contributed by atoms with van der Waals surface area (Å²) in [7, 11) is 1.86. The molecule has 0 aliphatic carbocycles. The van der Waals surface area contributed by atoms with E-state index < -0.39 is 0 Å². The van der Waals surface area contributed by atoms with Crippen LogP contribution in [0.15, 0.2) is 67.3 Å². The number of halogens is 1. The number of nitrogens with zero attached hydrogens (tertiary/aromatic N) is 5. The quantitative estimate of drug-likeness (QED) is 0.374. The van der Waals surface area contributed by atoms with Gasteiger partial charge in [-0.15, -0.1) is 0 Å². The van der Waals surface area contributed by atoms with Gasteiger partial charge < -0.3 is 14.8 Å². The lowest BCUT2D eigenvalue weighted by Gasteiger charge is -2.34. The lowest BCUT2D eigenvalue weighted by atomic mass is 9.93. The third-order valence-corrected chi connectivity index (χ3v) is 6.61. The second-order valence-electron chi connectivity index (χ2n) is 9.16. The van der Waals surface area contributed by atoms with E-state index in [0.717, 1.165) is 35.3 Å². The number of anilines is 1. The van der Waals surface area contributed by atoms with Crippen molar-refractivity contribution in [2.75, 3.05) is 31.6 Å². The molecule has 1 N–H and O–H groups in total. The van der Waals surface area contributed by atoms with Crippen molar-refractivity contribution >= 4 is 11.6 Å². The molecule has 0 radical (unpaired) electrons. The average Bonchev–Trinajstić information content (AvgIpc) is 3.39. The Morgan fingerprint density at radius 1 is 1.13 bits per heavy atom. The second-order valence-corrected chi connectivity index (χ2v) is 9.16. The Labute approximate surface area is 220 Å². The van der Waals surface area contributed by atoms with E-state index in [-0.39, 0.29) is 24.4 Å². The van der Waals surface area contributed by atoms with Gasteiger partial charge in [0.15, 0.2) is 0 Å². The van der Waals surface area contributed by atoms with Crippen molar-refractivity contribution in [1.82, 2.24) is 24.9 Å². The summed E-state index contributed by atoms with van der Waals surface area (Å²) in [6.45, 7) is 5.26. The van der Waals surface area contributed by atoms with Crippen LogP contribution in [0.25, 0.3) is 11.1 Å². The Morgan fingerprint density at radius 3 is 2.61 bits per heavy atom. The molecule has 196 valence electrons. The number of carbonyl (C=O) groups is 1. The fourth-order valence-electron chi connectivity index (χ4n) is 4.51. The lowest BCUT2D eigenvalue weighted by Crippen LogP contribution is -2.38. The van der Waals surface area contributed by atoms with Crippen LogP contribution in [0.4, 0.5) is 10.1 Å². The first-order valence-electron chi connectivity index (χ1n) is 12.4. The average molecular weight is 517 g/mol. The molecule has 2 aromatic heterocycles. The molecule has 5 rings (SSSR count). The van der Waals surface area contributed by atoms with Crippen LogP contribution in [0.5, 0.6) is 5.75 Å². The van der Waals surface area contributed by atoms with Crippen LogP contribution in [0, 0.1) is 5.82 Å². The fraction of sp³-hybridized carbons (Fsp3) is 0.286. The van der Waals surface area contributed by atoms with E-state index in [1.807, 2.05) is 25.4 Å². The molecular weight excluding hydrogens is 487 g/mol. The highest BCUT2D eigenvalue weighted by Gasteiger charge is 2.26. The monoisotopic (exact) mass is 516 g/mol. The first-order valence-corrected chi connectivity index (χ1v) is 12.4. The number of aromatic nitrogens is 4. The van der Waals surface area contributed by atoms with E-state index in [2.05, 4.69) is 32.4 Å². The number of hydrogen-bond donors (Lipinski definition) is 1. The third-order valence-electron chi connectivity index (χ3n) is 6.61. The van der Waals surface area contributed by atoms with Crippen LogP contribution in [-0.2, 0) is 18.4 Å². The van der Waals surface area contributed by atoms with Gasteiger partial charge in [0.05, 0.1) is 43.1 Å². The number of morpholine rings is 1. The molecule has 1 aliphatic rings. The zero-order valence-electron chi connectivity index (χ0n) is 21.3. The molecule has 38 heavy (non-hydrogen) atoms. The third kappa shape index (κ3) is 5.87. The number of rotatable bonds is 8. The molecule has 0 spiro atoms. The van der Waals surface area contributed by atoms with E-state index in [9.17, 15) is 9.18 Å². The van der Waals surface area contributed by atoms with Gasteiger partial charge in [-0.1, -0.05) is 12.1 Å². The second kappa shape index (κ2) is 11.5. The van der Waals surface area contributed by atoms with E-state index in [1.54, 1.807) is 29.1 Å². The van der Waals surface area contributed by atoms with Crippen LogP contribution < -0.4 is 10.1 Å². The van der Waals surface area contributed by atoms with E-state index in [0.29, 0.717) is 30.2 Å². The molecule has 1 fully saturated rings. The van der Waals surface area contributed by atoms with Crippen molar-refractivity contribution in [1.29, 1.82) is 0 Å². The lowest BCUT2D eigenvalue weighted by molar-refractivity contribution is 0.0199. The summed E-state index contributed by atoms with van der Waals surface area (Å²) in [5.41, 5.74) is 4.46. The molecule has 1 amide bonds. The SMILES string of the molecule is CC(c1cc(OCc2ccc(F)cc2)c(C(=O)Nc2ccnnc2)cc1-c1cnn(C)c1)N1CCOCC1. The molecule has 3 heterocycles. The zero-order chi connectivity index (χ0) is 26.5. The maximum Gasteiger partial charge on any atom is 0.259 e. The number of carbonyl (C=O) groups excluding carboxylic acids is 1. The van der Waals surface area contributed by atoms with Gasteiger partial charge in [0.1, 0.15) is 18.2 Å². The van der Waals surface area contributed by atoms with E-state index >= 15 is 0 Å². The van der Waals surface area contributed by atoms with Crippen LogP contribution in [0.3, 0.4) is 0 Å². The molecule has 1 saturated heterocycles. The predicted octanol–water partition coefficient (Wildman–Crippen LogP) is 4.24. The van der Waals surface area contributed by atoms with Gasteiger partial charge in [0.2, 0.25) is 0 Å². The summed E-state index contributed by atoms with van der Waals surface area (Å²) in [6.07, 6.45) is 6.71. The minimum absolute atomic E-state index is 0.0313. The van der Waals surface area contributed by atoms with Crippen molar-refractivity contribution in [3.63, 3.8) is 0 Å². The Bertz CT molecular complexity index is 1390. The number of nitrogens with one attached hydrogen (secondary N) is 1. The smallest absolute Gasteiger partial charge is 0.259 e. The molecule has 0 bridgehead atoms. The Kier molecular flexibility index (Phi) is 7.71. The highest BCUT2D eigenvalue weighted by atomic mass is 19.1. The standard InChI is InChI=1S/C28H29FN6O3/c1-19(35-9-11-37-12-10-35)24-14-27(38-18-20-3-5-22(29)6-4-20)26(13-25(24)21-15-32-34(2)17-21)28(36)33-23-7-8-30-31-16-23/h3-8,13-17,19H,9-12,18H2,1-2H3,(H,30,33,36). The fourth-order valence-corrected chi connectivity index (χ4v) is 4.51. The Hall–Kier alpha value is -4.15. The van der Waals surface area contributed by atoms with Gasteiger partial charge in [-0.05, 0) is 53.9 Å². The summed E-state index contributed by atoms with van der Waals surface area (Å²) < 4.78 is 26.9. The summed E-state index contributed by atoms with van der Waals surface area (Å²) >= 11 is 0. The molecule has 4 aromatic rings. The van der Waals surface area contributed by atoms with Gasteiger partial charge in [-0.2, -0.15) is 15.3 Å². The molecule has 1 aliphatic heterocycles. The summed E-state index contributed by atoms with van der Waals surface area (Å²) in [5, 5.41) is 14.8. The van der Waals surface area contributed by atoms with Gasteiger partial charge in [-0.25, -0.2) is 4.39 Å². The summed E-state index contributed by atoms with van der Waals surface area (Å²) in [5.74, 6) is -0.235. The minimum Gasteiger partial charge on any atom is -0.488 e. The van der Waals surface area contributed by atoms with Crippen LogP contribution in [-0.4, -0.2) is 57.1 Å². The van der Waals surface area contributed by atoms with Crippen molar-refractivity contribution in [3.05, 3.63) is 89.8 Å². The number of hydrogen-bond acceptors (Lipinski definition) is 7. The number of benzene rings is 2. The number of amides is 1. The highest BCUT2D eigenvalue weighted by molar-refractivity contribution is 6.07. The molecule has 9 nitrogen and oxygen atoms in total. The van der Waals surface area contributed by atoms with Crippen molar-refractivity contribution in [3.8, 4) is 16.9 Å². The van der Waals surface area contributed by atoms with Crippen molar-refractivity contribution in [2.45, 2.75) is 19.6 Å². The predicted molar refractivity (Wildman–Crippen MR) is 140 cm³/mol. The summed E-state index contributed by atoms with van der Waals surface area (Å²) in [6, 6.07) is 11.6. The topological polar surface area (TPSA) is 94.4 Å². The molecular formula is C28H29FN6O3. The van der Waals surface area contributed by atoms with Gasteiger partial charge in [0.25, 0.3) is 5.91 Å². The van der Waals surface area contributed by atoms with Crippen molar-refractivity contribution in [2.24, 2.45) is 7.05 Å². The van der Waals surface area contributed by atoms with Gasteiger partial charge in [-0.3, -0.25) is 14.4 Å². The normalized spacial score (nSPS) is 14.7. The van der Waals surface area contributed by atoms with Gasteiger partial charge >= 0.3 is 0 Å².